The Kier molecular flexibility index (Phi) is 4.86. The number of benzene rings is 1. The summed E-state index contributed by atoms with van der Waals surface area (Å²) >= 11 is 1.13. The van der Waals surface area contributed by atoms with Crippen molar-refractivity contribution in [3.8, 4) is 11.5 Å². The summed E-state index contributed by atoms with van der Waals surface area (Å²) < 4.78 is 10.0. The van der Waals surface area contributed by atoms with Gasteiger partial charge in [0.2, 0.25) is 5.12 Å². The zero-order chi connectivity index (χ0) is 16.3. The van der Waals surface area contributed by atoms with Crippen LogP contribution in [0.15, 0.2) is 12.1 Å². The molecule has 118 valence electrons. The smallest absolute Gasteiger partial charge is 0.286 e. The Hall–Kier alpha value is -2.29. The molecule has 1 amide bonds. The number of nitrogens with one attached hydrogen (secondary N) is 1. The standard InChI is InChI=1S/C13H14N2O6S/c1-20-10-5-7(9(15(18)19)6-11(10)21-2)12(16)14-8-3-4-22-13(8)17/h5-6,8H,3-4H2,1-2H3,(H,14,16). The van der Waals surface area contributed by atoms with E-state index in [9.17, 15) is 19.7 Å². The molecule has 0 saturated carbocycles. The first-order valence-electron chi connectivity index (χ1n) is 6.35. The van der Waals surface area contributed by atoms with Crippen LogP contribution in [0.2, 0.25) is 0 Å². The van der Waals surface area contributed by atoms with Crippen LogP contribution in [0.4, 0.5) is 5.69 Å². The molecule has 0 spiro atoms. The zero-order valence-corrected chi connectivity index (χ0v) is 12.8. The normalized spacial score (nSPS) is 17.2. The van der Waals surface area contributed by atoms with Crippen LogP contribution in [0.3, 0.4) is 0 Å². The zero-order valence-electron chi connectivity index (χ0n) is 12.0. The van der Waals surface area contributed by atoms with Crippen molar-refractivity contribution in [1.29, 1.82) is 0 Å². The second-order valence-corrected chi connectivity index (χ2v) is 5.56. The number of hydrogen-bond donors (Lipinski definition) is 1. The van der Waals surface area contributed by atoms with E-state index in [4.69, 9.17) is 9.47 Å². The fourth-order valence-electron chi connectivity index (χ4n) is 2.06. The summed E-state index contributed by atoms with van der Waals surface area (Å²) in [6.07, 6.45) is 0.510. The van der Waals surface area contributed by atoms with Gasteiger partial charge < -0.3 is 14.8 Å². The molecule has 1 aliphatic rings. The minimum Gasteiger partial charge on any atom is -0.493 e. The molecule has 0 bridgehead atoms. The van der Waals surface area contributed by atoms with Crippen molar-refractivity contribution in [3.63, 3.8) is 0 Å². The molecule has 9 heteroatoms. The minimum atomic E-state index is -0.687. The fourth-order valence-corrected chi connectivity index (χ4v) is 3.00. The third kappa shape index (κ3) is 3.14. The van der Waals surface area contributed by atoms with Gasteiger partial charge in [0.1, 0.15) is 5.56 Å². The fraction of sp³-hybridized carbons (Fsp3) is 0.385. The number of carbonyl (C=O) groups excluding carboxylic acids is 2. The van der Waals surface area contributed by atoms with Gasteiger partial charge in [-0.3, -0.25) is 19.7 Å². The topological polar surface area (TPSA) is 108 Å². The molecule has 1 aromatic carbocycles. The van der Waals surface area contributed by atoms with Gasteiger partial charge in [-0.1, -0.05) is 11.8 Å². The molecule has 1 atom stereocenters. The number of methoxy groups -OCH3 is 2. The average Bonchev–Trinajstić information content (AvgIpc) is 2.90. The van der Waals surface area contributed by atoms with Crippen LogP contribution in [0.1, 0.15) is 16.8 Å². The maximum atomic E-state index is 12.3. The van der Waals surface area contributed by atoms with Gasteiger partial charge in [-0.15, -0.1) is 0 Å². The Morgan fingerprint density at radius 2 is 2.00 bits per heavy atom. The van der Waals surface area contributed by atoms with Crippen molar-refractivity contribution in [1.82, 2.24) is 5.32 Å². The van der Waals surface area contributed by atoms with E-state index in [1.54, 1.807) is 0 Å². The van der Waals surface area contributed by atoms with Crippen molar-refractivity contribution in [2.45, 2.75) is 12.5 Å². The second-order valence-electron chi connectivity index (χ2n) is 4.46. The molecule has 1 aromatic rings. The summed E-state index contributed by atoms with van der Waals surface area (Å²) in [5, 5.41) is 13.5. The number of thioether (sulfide) groups is 1. The molecule has 1 aliphatic heterocycles. The van der Waals surface area contributed by atoms with Gasteiger partial charge in [0, 0.05) is 11.8 Å². The Balaban J connectivity index is 2.37. The quantitative estimate of drug-likeness (QED) is 0.643. The highest BCUT2D eigenvalue weighted by Crippen LogP contribution is 2.34. The molecule has 1 fully saturated rings. The van der Waals surface area contributed by atoms with Crippen LogP contribution in [-0.2, 0) is 4.79 Å². The van der Waals surface area contributed by atoms with E-state index >= 15 is 0 Å². The van der Waals surface area contributed by atoms with Crippen LogP contribution >= 0.6 is 11.8 Å². The summed E-state index contributed by atoms with van der Waals surface area (Å²) in [5.41, 5.74) is -0.583. The number of hydrogen-bond acceptors (Lipinski definition) is 7. The van der Waals surface area contributed by atoms with E-state index in [0.29, 0.717) is 12.2 Å². The van der Waals surface area contributed by atoms with E-state index in [0.717, 1.165) is 17.8 Å². The molecule has 1 saturated heterocycles. The van der Waals surface area contributed by atoms with Crippen LogP contribution in [-0.4, -0.2) is 42.0 Å². The van der Waals surface area contributed by atoms with Crippen LogP contribution in [0, 0.1) is 10.1 Å². The molecule has 8 nitrogen and oxygen atoms in total. The van der Waals surface area contributed by atoms with Crippen LogP contribution in [0.25, 0.3) is 0 Å². The molecule has 1 heterocycles. The molecule has 1 N–H and O–H groups in total. The molecular formula is C13H14N2O6S. The van der Waals surface area contributed by atoms with Crippen molar-refractivity contribution in [3.05, 3.63) is 27.8 Å². The van der Waals surface area contributed by atoms with E-state index in [2.05, 4.69) is 5.32 Å². The maximum Gasteiger partial charge on any atom is 0.286 e. The number of rotatable bonds is 5. The lowest BCUT2D eigenvalue weighted by atomic mass is 10.1. The number of nitrogens with zero attached hydrogens (tertiary/aromatic N) is 1. The minimum absolute atomic E-state index is 0.142. The van der Waals surface area contributed by atoms with Gasteiger partial charge in [-0.05, 0) is 6.42 Å². The number of nitro benzene ring substituents is 1. The Bertz CT molecular complexity index is 633. The number of ether oxygens (including phenoxy) is 2. The lowest BCUT2D eigenvalue weighted by Gasteiger charge is -2.13. The SMILES string of the molecule is COc1cc(C(=O)NC2CCSC2=O)c([N+](=O)[O-])cc1OC. The predicted octanol–water partition coefficient (Wildman–Crippen LogP) is 1.37. The Labute approximate surface area is 130 Å². The van der Waals surface area contributed by atoms with Crippen molar-refractivity contribution >= 4 is 28.5 Å². The summed E-state index contributed by atoms with van der Waals surface area (Å²) in [6.45, 7) is 0. The first kappa shape index (κ1) is 16.1. The van der Waals surface area contributed by atoms with Gasteiger partial charge >= 0.3 is 0 Å². The van der Waals surface area contributed by atoms with E-state index < -0.39 is 22.6 Å². The predicted molar refractivity (Wildman–Crippen MR) is 79.5 cm³/mol. The monoisotopic (exact) mass is 326 g/mol. The maximum absolute atomic E-state index is 12.3. The van der Waals surface area contributed by atoms with Gasteiger partial charge in [0.15, 0.2) is 11.5 Å². The summed E-state index contributed by atoms with van der Waals surface area (Å²) in [7, 11) is 2.71. The average molecular weight is 326 g/mol. The molecule has 0 radical (unpaired) electrons. The number of nitro groups is 1. The third-order valence-electron chi connectivity index (χ3n) is 3.18. The lowest BCUT2D eigenvalue weighted by molar-refractivity contribution is -0.385. The summed E-state index contributed by atoms with van der Waals surface area (Å²) in [6, 6.07) is 1.74. The van der Waals surface area contributed by atoms with E-state index in [1.165, 1.54) is 20.3 Å². The van der Waals surface area contributed by atoms with Crippen LogP contribution in [0.5, 0.6) is 11.5 Å². The first-order valence-corrected chi connectivity index (χ1v) is 7.34. The molecule has 0 aliphatic carbocycles. The summed E-state index contributed by atoms with van der Waals surface area (Å²) in [5.74, 6) is 0.287. The van der Waals surface area contributed by atoms with Crippen molar-refractivity contribution in [2.75, 3.05) is 20.0 Å². The lowest BCUT2D eigenvalue weighted by Crippen LogP contribution is -2.37. The second kappa shape index (κ2) is 6.65. The van der Waals surface area contributed by atoms with Gasteiger partial charge in [-0.2, -0.15) is 0 Å². The first-order chi connectivity index (χ1) is 10.5. The molecule has 0 aromatic heterocycles. The third-order valence-corrected chi connectivity index (χ3v) is 4.19. The van der Waals surface area contributed by atoms with Crippen molar-refractivity contribution < 1.29 is 24.0 Å². The number of amides is 1. The van der Waals surface area contributed by atoms with Gasteiger partial charge in [0.25, 0.3) is 11.6 Å². The van der Waals surface area contributed by atoms with E-state index in [1.807, 2.05) is 0 Å². The highest BCUT2D eigenvalue weighted by Gasteiger charge is 2.30. The van der Waals surface area contributed by atoms with Gasteiger partial charge in [-0.25, -0.2) is 0 Å². The highest BCUT2D eigenvalue weighted by atomic mass is 32.2. The highest BCUT2D eigenvalue weighted by molar-refractivity contribution is 8.14. The molecule has 1 unspecified atom stereocenters. The van der Waals surface area contributed by atoms with Crippen LogP contribution < -0.4 is 14.8 Å². The molecule has 22 heavy (non-hydrogen) atoms. The molecule has 2 rings (SSSR count). The summed E-state index contributed by atoms with van der Waals surface area (Å²) in [4.78, 5) is 34.3. The largest absolute Gasteiger partial charge is 0.493 e. The Morgan fingerprint density at radius 3 is 2.50 bits per heavy atom. The Morgan fingerprint density at radius 1 is 1.36 bits per heavy atom. The number of carbonyl (C=O) groups is 2. The molecular weight excluding hydrogens is 312 g/mol. The van der Waals surface area contributed by atoms with Crippen molar-refractivity contribution in [2.24, 2.45) is 0 Å². The van der Waals surface area contributed by atoms with E-state index in [-0.39, 0.29) is 22.2 Å². The van der Waals surface area contributed by atoms with Gasteiger partial charge in [0.05, 0.1) is 31.3 Å².